The third kappa shape index (κ3) is 4.14. The molecule has 1 amide bonds. The maximum atomic E-state index is 13.2. The zero-order valence-corrected chi connectivity index (χ0v) is 18.1. The summed E-state index contributed by atoms with van der Waals surface area (Å²) in [6.07, 6.45) is 0.805. The van der Waals surface area contributed by atoms with Crippen LogP contribution in [0.1, 0.15) is 22.0 Å². The summed E-state index contributed by atoms with van der Waals surface area (Å²) in [5.41, 5.74) is 2.33. The normalized spacial score (nSPS) is 15.7. The second kappa shape index (κ2) is 8.93. The number of carbonyl (C=O) groups excluding carboxylic acids is 1. The molecule has 0 unspecified atom stereocenters. The number of ether oxygens (including phenoxy) is 2. The Morgan fingerprint density at radius 3 is 2.55 bits per heavy atom. The van der Waals surface area contributed by atoms with Crippen molar-refractivity contribution >= 4 is 29.0 Å². The fraction of sp³-hybridized carbons (Fsp3) is 0.261. The van der Waals surface area contributed by atoms with E-state index in [1.165, 1.54) is 5.56 Å². The molecule has 3 aromatic rings. The van der Waals surface area contributed by atoms with Crippen molar-refractivity contribution in [2.45, 2.75) is 17.4 Å². The summed E-state index contributed by atoms with van der Waals surface area (Å²) in [5.74, 6) is 2.00. The highest BCUT2D eigenvalue weighted by Gasteiger charge is 2.33. The fourth-order valence-electron chi connectivity index (χ4n) is 3.71. The number of thioether (sulfide) groups is 1. The lowest BCUT2D eigenvalue weighted by Crippen LogP contribution is -2.41. The first-order valence-corrected chi connectivity index (χ1v) is 11.3. The summed E-state index contributed by atoms with van der Waals surface area (Å²) >= 11 is 3.26. The molecule has 4 rings (SSSR count). The molecule has 0 saturated carbocycles. The van der Waals surface area contributed by atoms with Crippen molar-refractivity contribution in [1.29, 1.82) is 0 Å². The van der Waals surface area contributed by atoms with Crippen molar-refractivity contribution < 1.29 is 14.3 Å². The quantitative estimate of drug-likeness (QED) is 0.519. The van der Waals surface area contributed by atoms with Gasteiger partial charge in [-0.3, -0.25) is 4.79 Å². The van der Waals surface area contributed by atoms with Gasteiger partial charge in [-0.2, -0.15) is 0 Å². The van der Waals surface area contributed by atoms with Gasteiger partial charge in [0.2, 0.25) is 5.91 Å². The van der Waals surface area contributed by atoms with Crippen LogP contribution in [0, 0.1) is 0 Å². The maximum Gasteiger partial charge on any atom is 0.233 e. The first kappa shape index (κ1) is 19.9. The highest BCUT2D eigenvalue weighted by Crippen LogP contribution is 2.42. The van der Waals surface area contributed by atoms with Crippen LogP contribution in [0.25, 0.3) is 0 Å². The number of carbonyl (C=O) groups is 1. The Morgan fingerprint density at radius 1 is 1.10 bits per heavy atom. The van der Waals surface area contributed by atoms with E-state index in [-0.39, 0.29) is 11.9 Å². The lowest BCUT2D eigenvalue weighted by atomic mass is 9.91. The summed E-state index contributed by atoms with van der Waals surface area (Å²) in [6.45, 7) is 0.694. The Morgan fingerprint density at radius 2 is 1.86 bits per heavy atom. The number of hydrogen-bond acceptors (Lipinski definition) is 5. The van der Waals surface area contributed by atoms with E-state index in [9.17, 15) is 4.79 Å². The molecular weight excluding hydrogens is 402 g/mol. The Labute approximate surface area is 179 Å². The smallest absolute Gasteiger partial charge is 0.233 e. The number of amides is 1. The molecule has 1 atom stereocenters. The van der Waals surface area contributed by atoms with Crippen LogP contribution >= 0.6 is 23.1 Å². The van der Waals surface area contributed by atoms with Gasteiger partial charge in [0, 0.05) is 16.3 Å². The molecule has 29 heavy (non-hydrogen) atoms. The van der Waals surface area contributed by atoms with E-state index in [1.54, 1.807) is 37.3 Å². The molecule has 0 N–H and O–H groups in total. The molecule has 0 saturated heterocycles. The van der Waals surface area contributed by atoms with Crippen LogP contribution in [0.15, 0.2) is 64.9 Å². The molecule has 150 valence electrons. The van der Waals surface area contributed by atoms with Crippen molar-refractivity contribution in [2.24, 2.45) is 0 Å². The lowest BCUT2D eigenvalue weighted by Gasteiger charge is -2.37. The van der Waals surface area contributed by atoms with Crippen molar-refractivity contribution in [3.63, 3.8) is 0 Å². The maximum absolute atomic E-state index is 13.2. The van der Waals surface area contributed by atoms with E-state index in [4.69, 9.17) is 9.47 Å². The van der Waals surface area contributed by atoms with Crippen LogP contribution < -0.4 is 9.47 Å². The highest BCUT2D eigenvalue weighted by molar-refractivity contribution is 8.00. The van der Waals surface area contributed by atoms with Crippen LogP contribution in [-0.4, -0.2) is 37.3 Å². The van der Waals surface area contributed by atoms with Gasteiger partial charge < -0.3 is 14.4 Å². The predicted molar refractivity (Wildman–Crippen MR) is 118 cm³/mol. The molecule has 2 heterocycles. The minimum Gasteiger partial charge on any atom is -0.493 e. The van der Waals surface area contributed by atoms with Crippen molar-refractivity contribution in [1.82, 2.24) is 4.90 Å². The molecule has 0 radical (unpaired) electrons. The predicted octanol–water partition coefficient (Wildman–Crippen LogP) is 5.03. The summed E-state index contributed by atoms with van der Waals surface area (Å²) in [6, 6.07) is 18.2. The first-order valence-electron chi connectivity index (χ1n) is 9.46. The molecule has 0 aliphatic carbocycles. The van der Waals surface area contributed by atoms with Crippen LogP contribution in [0.5, 0.6) is 11.5 Å². The van der Waals surface area contributed by atoms with Gasteiger partial charge in [-0.1, -0.05) is 24.3 Å². The Bertz CT molecular complexity index is 973. The summed E-state index contributed by atoms with van der Waals surface area (Å²) in [4.78, 5) is 17.5. The van der Waals surface area contributed by atoms with Gasteiger partial charge >= 0.3 is 0 Å². The highest BCUT2D eigenvalue weighted by atomic mass is 32.2. The number of rotatable bonds is 6. The van der Waals surface area contributed by atoms with Crippen LogP contribution in [0.2, 0.25) is 0 Å². The molecule has 0 bridgehead atoms. The lowest BCUT2D eigenvalue weighted by molar-refractivity contribution is -0.130. The van der Waals surface area contributed by atoms with E-state index in [0.717, 1.165) is 27.5 Å². The van der Waals surface area contributed by atoms with Crippen molar-refractivity contribution in [3.05, 3.63) is 76.0 Å². The number of hydrogen-bond donors (Lipinski definition) is 0. The number of thiophene rings is 1. The standard InChI is InChI=1S/C23H23NO3S2/c1-26-19-13-16-10-11-24(22(25)15-29-17-7-4-3-5-8-17)23(21-9-6-12-28-21)18(16)14-20(19)27-2/h3-9,12-14,23H,10-11,15H2,1-2H3/t23-/m1/s1. The number of benzene rings is 2. The van der Waals surface area contributed by atoms with Gasteiger partial charge in [0.05, 0.1) is 26.0 Å². The topological polar surface area (TPSA) is 38.8 Å². The Kier molecular flexibility index (Phi) is 6.11. The molecule has 1 aliphatic rings. The van der Waals surface area contributed by atoms with Crippen molar-refractivity contribution in [3.8, 4) is 11.5 Å². The number of methoxy groups -OCH3 is 2. The summed E-state index contributed by atoms with van der Waals surface area (Å²) in [7, 11) is 3.30. The van der Waals surface area contributed by atoms with E-state index in [1.807, 2.05) is 47.4 Å². The zero-order chi connectivity index (χ0) is 20.2. The molecule has 6 heteroatoms. The van der Waals surface area contributed by atoms with E-state index < -0.39 is 0 Å². The van der Waals surface area contributed by atoms with Gasteiger partial charge in [0.1, 0.15) is 0 Å². The van der Waals surface area contributed by atoms with E-state index >= 15 is 0 Å². The second-order valence-electron chi connectivity index (χ2n) is 6.76. The minimum absolute atomic E-state index is 0.0950. The average molecular weight is 426 g/mol. The molecule has 4 nitrogen and oxygen atoms in total. The number of nitrogens with zero attached hydrogens (tertiary/aromatic N) is 1. The van der Waals surface area contributed by atoms with Gasteiger partial charge in [-0.25, -0.2) is 0 Å². The molecule has 0 spiro atoms. The molecule has 2 aromatic carbocycles. The Hall–Kier alpha value is -2.44. The summed E-state index contributed by atoms with van der Waals surface area (Å²) < 4.78 is 11.0. The molecule has 1 aliphatic heterocycles. The van der Waals surface area contributed by atoms with E-state index in [0.29, 0.717) is 18.0 Å². The van der Waals surface area contributed by atoms with Crippen LogP contribution in [0.4, 0.5) is 0 Å². The molecule has 0 fully saturated rings. The SMILES string of the molecule is COc1cc2c(cc1OC)[C@H](c1cccs1)N(C(=O)CSc1ccccc1)CC2. The third-order valence-corrected chi connectivity index (χ3v) is 7.03. The molecular formula is C23H23NO3S2. The van der Waals surface area contributed by atoms with Crippen LogP contribution in [-0.2, 0) is 11.2 Å². The monoisotopic (exact) mass is 425 g/mol. The Balaban J connectivity index is 1.65. The zero-order valence-electron chi connectivity index (χ0n) is 16.5. The van der Waals surface area contributed by atoms with Crippen LogP contribution in [0.3, 0.4) is 0 Å². The first-order chi connectivity index (χ1) is 14.2. The largest absolute Gasteiger partial charge is 0.493 e. The van der Waals surface area contributed by atoms with Gasteiger partial charge in [0.25, 0.3) is 0 Å². The minimum atomic E-state index is -0.0950. The second-order valence-corrected chi connectivity index (χ2v) is 8.79. The van der Waals surface area contributed by atoms with E-state index in [2.05, 4.69) is 17.5 Å². The van der Waals surface area contributed by atoms with Crippen molar-refractivity contribution in [2.75, 3.05) is 26.5 Å². The van der Waals surface area contributed by atoms with Gasteiger partial charge in [-0.15, -0.1) is 23.1 Å². The van der Waals surface area contributed by atoms with Gasteiger partial charge in [-0.05, 0) is 53.3 Å². The summed E-state index contributed by atoms with van der Waals surface area (Å²) in [5, 5.41) is 2.06. The average Bonchev–Trinajstić information content (AvgIpc) is 3.30. The fourth-order valence-corrected chi connectivity index (χ4v) is 5.37. The number of fused-ring (bicyclic) bond motifs is 1. The van der Waals surface area contributed by atoms with Gasteiger partial charge in [0.15, 0.2) is 11.5 Å². The third-order valence-electron chi connectivity index (χ3n) is 5.11. The molecule has 1 aromatic heterocycles.